The summed E-state index contributed by atoms with van der Waals surface area (Å²) in [6.07, 6.45) is 9.89. The molecule has 0 radical (unpaired) electrons. The second kappa shape index (κ2) is 9.04. The summed E-state index contributed by atoms with van der Waals surface area (Å²) in [5.74, 6) is 0.113. The van der Waals surface area contributed by atoms with Crippen molar-refractivity contribution in [2.75, 3.05) is 6.26 Å². The summed E-state index contributed by atoms with van der Waals surface area (Å²) >= 11 is 1.62. The number of fused-ring (bicyclic) bond motifs is 3. The van der Waals surface area contributed by atoms with E-state index in [2.05, 4.69) is 17.1 Å². The molecule has 2 aromatic carbocycles. The van der Waals surface area contributed by atoms with Gasteiger partial charge in [-0.1, -0.05) is 43.2 Å². The van der Waals surface area contributed by atoms with Crippen molar-refractivity contribution >= 4 is 33.4 Å². The van der Waals surface area contributed by atoms with Gasteiger partial charge in [0, 0.05) is 24.0 Å². The maximum Gasteiger partial charge on any atom is 0.261 e. The Balaban J connectivity index is 1.59. The van der Waals surface area contributed by atoms with Crippen LogP contribution in [0.4, 0.5) is 0 Å². The van der Waals surface area contributed by atoms with Crippen LogP contribution in [-0.2, 0) is 13.0 Å². The summed E-state index contributed by atoms with van der Waals surface area (Å²) < 4.78 is 1.69. The molecule has 1 saturated carbocycles. The van der Waals surface area contributed by atoms with E-state index in [1.54, 1.807) is 22.7 Å². The quantitative estimate of drug-likeness (QED) is 0.353. The second-order valence-electron chi connectivity index (χ2n) is 8.68. The zero-order chi connectivity index (χ0) is 22.1. The minimum absolute atomic E-state index is 0.0318. The Bertz CT molecular complexity index is 1320. The molecule has 2 atom stereocenters. The highest BCUT2D eigenvalue weighted by molar-refractivity contribution is 7.98. The summed E-state index contributed by atoms with van der Waals surface area (Å²) in [6.45, 7) is 0.519. The van der Waals surface area contributed by atoms with Crippen LogP contribution in [-0.4, -0.2) is 32.0 Å². The van der Waals surface area contributed by atoms with Gasteiger partial charge in [-0.3, -0.25) is 9.36 Å². The predicted octanol–water partition coefficient (Wildman–Crippen LogP) is 4.81. The molecule has 32 heavy (non-hydrogen) atoms. The van der Waals surface area contributed by atoms with Crippen molar-refractivity contribution in [3.8, 4) is 0 Å². The topological polar surface area (TPSA) is 68.0 Å². The van der Waals surface area contributed by atoms with E-state index in [0.29, 0.717) is 18.4 Å². The van der Waals surface area contributed by atoms with Gasteiger partial charge in [-0.25, -0.2) is 9.97 Å². The standard InChI is InChI=1S/C26H27N3O2S/c1-32-24-11-10-17(14-27-24)12-19-13-22-25(21-8-4-3-7-20(19)21)28-16-29(26(22)31)15-18-6-2-5-9-23(18)30/h3-4,7-8,10-11,13-14,16,18,23,30H,2,5-6,9,12,15H2,1H3/t18?,23-/m0/s1. The van der Waals surface area contributed by atoms with Crippen LogP contribution >= 0.6 is 11.8 Å². The van der Waals surface area contributed by atoms with E-state index in [0.717, 1.165) is 58.1 Å². The number of benzene rings is 2. The average Bonchev–Trinajstić information content (AvgIpc) is 2.83. The first-order chi connectivity index (χ1) is 15.6. The predicted molar refractivity (Wildman–Crippen MR) is 130 cm³/mol. The minimum Gasteiger partial charge on any atom is -0.393 e. The Kier molecular flexibility index (Phi) is 5.98. The van der Waals surface area contributed by atoms with Gasteiger partial charge in [-0.05, 0) is 54.2 Å². The summed E-state index contributed by atoms with van der Waals surface area (Å²) in [7, 11) is 0. The van der Waals surface area contributed by atoms with E-state index in [-0.39, 0.29) is 17.6 Å². The number of pyridine rings is 1. The lowest BCUT2D eigenvalue weighted by Gasteiger charge is -2.27. The van der Waals surface area contributed by atoms with Crippen molar-refractivity contribution in [1.82, 2.24) is 14.5 Å². The molecular weight excluding hydrogens is 418 g/mol. The Morgan fingerprint density at radius 3 is 2.62 bits per heavy atom. The fourth-order valence-electron chi connectivity index (χ4n) is 4.86. The zero-order valence-corrected chi connectivity index (χ0v) is 19.0. The maximum atomic E-state index is 13.5. The van der Waals surface area contributed by atoms with E-state index in [1.165, 1.54) is 0 Å². The molecule has 0 bridgehead atoms. The molecule has 0 saturated heterocycles. The molecule has 1 fully saturated rings. The van der Waals surface area contributed by atoms with Crippen LogP contribution in [0.3, 0.4) is 0 Å². The van der Waals surface area contributed by atoms with Crippen LogP contribution in [0, 0.1) is 5.92 Å². The third-order valence-electron chi connectivity index (χ3n) is 6.62. The third kappa shape index (κ3) is 4.05. The number of aliphatic hydroxyl groups is 1. The smallest absolute Gasteiger partial charge is 0.261 e. The van der Waals surface area contributed by atoms with Gasteiger partial charge in [0.2, 0.25) is 0 Å². The van der Waals surface area contributed by atoms with E-state index >= 15 is 0 Å². The van der Waals surface area contributed by atoms with Gasteiger partial charge in [-0.2, -0.15) is 0 Å². The van der Waals surface area contributed by atoms with Crippen molar-refractivity contribution in [2.45, 2.75) is 49.8 Å². The SMILES string of the molecule is CSc1ccc(Cc2cc3c(=O)n(CC4CCCC[C@@H]4O)cnc3c3ccccc23)cn1. The highest BCUT2D eigenvalue weighted by atomic mass is 32.2. The molecule has 5 nitrogen and oxygen atoms in total. The van der Waals surface area contributed by atoms with E-state index in [9.17, 15) is 9.90 Å². The number of thioether (sulfide) groups is 1. The van der Waals surface area contributed by atoms with Crippen molar-refractivity contribution in [1.29, 1.82) is 0 Å². The van der Waals surface area contributed by atoms with Gasteiger partial charge in [0.25, 0.3) is 5.56 Å². The van der Waals surface area contributed by atoms with Crippen molar-refractivity contribution < 1.29 is 5.11 Å². The molecule has 0 aliphatic heterocycles. The van der Waals surface area contributed by atoms with Gasteiger partial charge in [0.15, 0.2) is 0 Å². The van der Waals surface area contributed by atoms with Gasteiger partial charge in [0.05, 0.1) is 28.4 Å². The first-order valence-electron chi connectivity index (χ1n) is 11.2. The minimum atomic E-state index is -0.338. The number of aliphatic hydroxyl groups excluding tert-OH is 1. The lowest BCUT2D eigenvalue weighted by molar-refractivity contribution is 0.0600. The second-order valence-corrected chi connectivity index (χ2v) is 9.50. The summed E-state index contributed by atoms with van der Waals surface area (Å²) in [5, 5.41) is 14.1. The van der Waals surface area contributed by atoms with Crippen molar-refractivity contribution in [3.05, 3.63) is 76.5 Å². The highest BCUT2D eigenvalue weighted by Gasteiger charge is 2.24. The normalized spacial score (nSPS) is 18.9. The monoisotopic (exact) mass is 445 g/mol. The van der Waals surface area contributed by atoms with Gasteiger partial charge < -0.3 is 5.11 Å². The summed E-state index contributed by atoms with van der Waals surface area (Å²) in [6, 6.07) is 14.3. The molecule has 6 heteroatoms. The lowest BCUT2D eigenvalue weighted by Crippen LogP contribution is -2.32. The molecule has 1 aliphatic rings. The van der Waals surface area contributed by atoms with Gasteiger partial charge in [0.1, 0.15) is 0 Å². The molecule has 164 valence electrons. The van der Waals surface area contributed by atoms with Crippen molar-refractivity contribution in [2.24, 2.45) is 5.92 Å². The van der Waals surface area contributed by atoms with Crippen molar-refractivity contribution in [3.63, 3.8) is 0 Å². The van der Waals surface area contributed by atoms with Crippen LogP contribution in [0.2, 0.25) is 0 Å². The van der Waals surface area contributed by atoms with Crippen LogP contribution < -0.4 is 5.56 Å². The first kappa shape index (κ1) is 21.2. The third-order valence-corrected chi connectivity index (χ3v) is 7.28. The highest BCUT2D eigenvalue weighted by Crippen LogP contribution is 2.29. The summed E-state index contributed by atoms with van der Waals surface area (Å²) in [5.41, 5.74) is 2.92. The maximum absolute atomic E-state index is 13.5. The number of hydrogen-bond acceptors (Lipinski definition) is 5. The largest absolute Gasteiger partial charge is 0.393 e. The number of hydrogen-bond donors (Lipinski definition) is 1. The molecule has 2 aromatic heterocycles. The average molecular weight is 446 g/mol. The Morgan fingerprint density at radius 1 is 1.06 bits per heavy atom. The zero-order valence-electron chi connectivity index (χ0n) is 18.2. The lowest BCUT2D eigenvalue weighted by atomic mass is 9.86. The van der Waals surface area contributed by atoms with E-state index < -0.39 is 0 Å². The fourth-order valence-corrected chi connectivity index (χ4v) is 5.22. The van der Waals surface area contributed by atoms with Gasteiger partial charge >= 0.3 is 0 Å². The molecule has 5 rings (SSSR count). The molecule has 0 spiro atoms. The molecule has 4 aromatic rings. The molecule has 2 heterocycles. The summed E-state index contributed by atoms with van der Waals surface area (Å²) in [4.78, 5) is 22.7. The number of rotatable bonds is 5. The van der Waals surface area contributed by atoms with E-state index in [1.807, 2.05) is 42.8 Å². The Hall–Kier alpha value is -2.70. The van der Waals surface area contributed by atoms with Gasteiger partial charge in [-0.15, -0.1) is 11.8 Å². The molecular formula is C26H27N3O2S. The van der Waals surface area contributed by atoms with E-state index in [4.69, 9.17) is 4.98 Å². The first-order valence-corrected chi connectivity index (χ1v) is 12.4. The number of nitrogens with zero attached hydrogens (tertiary/aromatic N) is 3. The van der Waals surface area contributed by atoms with Crippen LogP contribution in [0.25, 0.3) is 21.7 Å². The van der Waals surface area contributed by atoms with Crippen LogP contribution in [0.1, 0.15) is 36.8 Å². The number of aromatic nitrogens is 3. The molecule has 0 amide bonds. The van der Waals surface area contributed by atoms with Crippen LogP contribution in [0.15, 0.2) is 64.8 Å². The molecule has 1 N–H and O–H groups in total. The Morgan fingerprint density at radius 2 is 1.88 bits per heavy atom. The molecule has 1 unspecified atom stereocenters. The van der Waals surface area contributed by atoms with Crippen LogP contribution in [0.5, 0.6) is 0 Å². The fraction of sp³-hybridized carbons (Fsp3) is 0.346. The Labute approximate surface area is 191 Å². The molecule has 1 aliphatic carbocycles.